The Morgan fingerprint density at radius 3 is 1.07 bits per heavy atom. The molecule has 134 valence electrons. The zero-order valence-corrected chi connectivity index (χ0v) is 14.6. The summed E-state index contributed by atoms with van der Waals surface area (Å²) < 4.78 is 0. The van der Waals surface area contributed by atoms with Crippen LogP contribution < -0.4 is 0 Å². The highest BCUT2D eigenvalue weighted by Crippen LogP contribution is 2.31. The molecule has 5 rings (SSSR count). The van der Waals surface area contributed by atoms with E-state index < -0.39 is 11.9 Å². The largest absolute Gasteiger partial charge is 0.478 e. The number of carbonyl (C=O) groups is 2. The standard InChI is InChI=1S/C24H14O4/c25-23(26)21-11-19-9-17-7-15-5-13-3-1-2-4-14(13)6-16(15)8-18(17)10-20(19)12-22(21)24(27)28/h1-12H,(H,25,26)(H,27,28). The molecule has 2 N–H and O–H groups in total. The van der Waals surface area contributed by atoms with Crippen LogP contribution in [0.5, 0.6) is 0 Å². The molecule has 5 aromatic carbocycles. The van der Waals surface area contributed by atoms with Crippen LogP contribution in [0.3, 0.4) is 0 Å². The molecule has 4 heteroatoms. The van der Waals surface area contributed by atoms with E-state index in [1.54, 1.807) is 0 Å². The molecular formula is C24H14O4. The molecule has 4 nitrogen and oxygen atoms in total. The molecule has 0 aliphatic rings. The van der Waals surface area contributed by atoms with Crippen molar-refractivity contribution in [2.75, 3.05) is 0 Å². The molecule has 0 radical (unpaired) electrons. The lowest BCUT2D eigenvalue weighted by Crippen LogP contribution is -2.07. The molecule has 0 saturated carbocycles. The monoisotopic (exact) mass is 366 g/mol. The summed E-state index contributed by atoms with van der Waals surface area (Å²) in [4.78, 5) is 22.9. The Morgan fingerprint density at radius 1 is 0.464 bits per heavy atom. The third-order valence-corrected chi connectivity index (χ3v) is 5.21. The SMILES string of the molecule is O=C(O)c1cc2cc3cc4cc5ccccc5cc4cc3cc2cc1C(=O)O. The third kappa shape index (κ3) is 2.47. The molecule has 0 heterocycles. The van der Waals surface area contributed by atoms with E-state index in [4.69, 9.17) is 0 Å². The Labute approximate surface area is 159 Å². The molecule has 0 saturated heterocycles. The fraction of sp³-hybridized carbons (Fsp3) is 0. The maximum absolute atomic E-state index is 11.5. The number of carboxylic acid groups (broad SMARTS) is 2. The van der Waals surface area contributed by atoms with Gasteiger partial charge in [-0.15, -0.1) is 0 Å². The fourth-order valence-electron chi connectivity index (χ4n) is 3.85. The lowest BCUT2D eigenvalue weighted by atomic mass is 9.95. The van der Waals surface area contributed by atoms with E-state index in [1.807, 2.05) is 24.3 Å². The number of hydrogen-bond acceptors (Lipinski definition) is 2. The molecule has 0 aliphatic heterocycles. The van der Waals surface area contributed by atoms with Gasteiger partial charge in [-0.1, -0.05) is 24.3 Å². The Bertz CT molecular complexity index is 1350. The Balaban J connectivity index is 1.84. The second-order valence-electron chi connectivity index (χ2n) is 6.95. The van der Waals surface area contributed by atoms with Gasteiger partial charge in [-0.25, -0.2) is 9.59 Å². The van der Waals surface area contributed by atoms with Gasteiger partial charge in [-0.3, -0.25) is 0 Å². The molecule has 0 unspecified atom stereocenters. The normalized spacial score (nSPS) is 11.4. The predicted molar refractivity (Wildman–Crippen MR) is 110 cm³/mol. The van der Waals surface area contributed by atoms with Crippen molar-refractivity contribution in [3.63, 3.8) is 0 Å². The van der Waals surface area contributed by atoms with Crippen LogP contribution in [0.1, 0.15) is 20.7 Å². The highest BCUT2D eigenvalue weighted by atomic mass is 16.4. The van der Waals surface area contributed by atoms with Crippen LogP contribution in [0.2, 0.25) is 0 Å². The lowest BCUT2D eigenvalue weighted by Gasteiger charge is -2.09. The molecule has 5 aromatic rings. The van der Waals surface area contributed by atoms with Crippen molar-refractivity contribution in [3.8, 4) is 0 Å². The average molecular weight is 366 g/mol. The van der Waals surface area contributed by atoms with Crippen LogP contribution in [-0.2, 0) is 0 Å². The summed E-state index contributed by atoms with van der Waals surface area (Å²) in [5.74, 6) is -2.49. The van der Waals surface area contributed by atoms with E-state index in [-0.39, 0.29) is 11.1 Å². The maximum atomic E-state index is 11.5. The molecule has 28 heavy (non-hydrogen) atoms. The van der Waals surface area contributed by atoms with Gasteiger partial charge in [-0.2, -0.15) is 0 Å². The zero-order valence-electron chi connectivity index (χ0n) is 14.6. The Kier molecular flexibility index (Phi) is 3.36. The molecule has 0 aliphatic carbocycles. The minimum Gasteiger partial charge on any atom is -0.478 e. The van der Waals surface area contributed by atoms with Crippen LogP contribution in [0.15, 0.2) is 72.8 Å². The first-order valence-corrected chi connectivity index (χ1v) is 8.80. The van der Waals surface area contributed by atoms with Crippen LogP contribution in [0.25, 0.3) is 43.1 Å². The summed E-state index contributed by atoms with van der Waals surface area (Å²) in [6.45, 7) is 0. The molecule has 0 amide bonds. The Morgan fingerprint density at radius 2 is 0.750 bits per heavy atom. The summed E-state index contributed by atoms with van der Waals surface area (Å²) in [7, 11) is 0. The van der Waals surface area contributed by atoms with Crippen molar-refractivity contribution < 1.29 is 19.8 Å². The van der Waals surface area contributed by atoms with Gasteiger partial charge in [0.15, 0.2) is 0 Å². The third-order valence-electron chi connectivity index (χ3n) is 5.21. The van der Waals surface area contributed by atoms with E-state index in [1.165, 1.54) is 12.1 Å². The van der Waals surface area contributed by atoms with Crippen molar-refractivity contribution in [3.05, 3.63) is 83.9 Å². The van der Waals surface area contributed by atoms with Gasteiger partial charge in [0.1, 0.15) is 0 Å². The van der Waals surface area contributed by atoms with Crippen LogP contribution in [0, 0.1) is 0 Å². The summed E-state index contributed by atoms with van der Waals surface area (Å²) in [5, 5.41) is 26.6. The van der Waals surface area contributed by atoms with Crippen molar-refractivity contribution in [2.45, 2.75) is 0 Å². The second kappa shape index (κ2) is 5.79. The van der Waals surface area contributed by atoms with Crippen molar-refractivity contribution >= 4 is 55.0 Å². The van der Waals surface area contributed by atoms with Crippen molar-refractivity contribution in [1.29, 1.82) is 0 Å². The van der Waals surface area contributed by atoms with E-state index >= 15 is 0 Å². The number of aromatic carboxylic acids is 2. The quantitative estimate of drug-likeness (QED) is 0.393. The molecule has 0 atom stereocenters. The van der Waals surface area contributed by atoms with Gasteiger partial charge >= 0.3 is 11.9 Å². The van der Waals surface area contributed by atoms with Gasteiger partial charge in [0.25, 0.3) is 0 Å². The minimum absolute atomic E-state index is 0.203. The van der Waals surface area contributed by atoms with E-state index in [0.717, 1.165) is 32.3 Å². The van der Waals surface area contributed by atoms with Crippen molar-refractivity contribution in [1.82, 2.24) is 0 Å². The topological polar surface area (TPSA) is 74.6 Å². The number of carboxylic acids is 2. The van der Waals surface area contributed by atoms with Crippen molar-refractivity contribution in [2.24, 2.45) is 0 Å². The molecule has 0 bridgehead atoms. The zero-order chi connectivity index (χ0) is 19.4. The highest BCUT2D eigenvalue weighted by Gasteiger charge is 2.17. The lowest BCUT2D eigenvalue weighted by molar-refractivity contribution is 0.0652. The Hall–Kier alpha value is -3.92. The molecular weight excluding hydrogens is 352 g/mol. The highest BCUT2D eigenvalue weighted by molar-refractivity contribution is 6.11. The summed E-state index contributed by atoms with van der Waals surface area (Å²) in [6, 6.07) is 23.3. The second-order valence-corrected chi connectivity index (χ2v) is 6.95. The minimum atomic E-state index is -1.25. The van der Waals surface area contributed by atoms with Crippen LogP contribution in [-0.4, -0.2) is 22.2 Å². The van der Waals surface area contributed by atoms with E-state index in [9.17, 15) is 19.8 Å². The fourth-order valence-corrected chi connectivity index (χ4v) is 3.85. The first kappa shape index (κ1) is 16.3. The van der Waals surface area contributed by atoms with Gasteiger partial charge in [0.05, 0.1) is 11.1 Å². The number of fused-ring (bicyclic) bond motifs is 4. The van der Waals surface area contributed by atoms with Crippen LogP contribution in [0.4, 0.5) is 0 Å². The predicted octanol–water partition coefficient (Wildman–Crippen LogP) is 5.70. The van der Waals surface area contributed by atoms with Gasteiger partial charge in [0, 0.05) is 0 Å². The summed E-state index contributed by atoms with van der Waals surface area (Å²) >= 11 is 0. The maximum Gasteiger partial charge on any atom is 0.336 e. The number of hydrogen-bond donors (Lipinski definition) is 2. The number of rotatable bonds is 2. The summed E-state index contributed by atoms with van der Waals surface area (Å²) in [5.41, 5.74) is -0.405. The first-order chi connectivity index (χ1) is 13.5. The summed E-state index contributed by atoms with van der Waals surface area (Å²) in [6.07, 6.45) is 0. The molecule has 0 spiro atoms. The van der Waals surface area contributed by atoms with E-state index in [0.29, 0.717) is 10.8 Å². The van der Waals surface area contributed by atoms with Gasteiger partial charge in [0.2, 0.25) is 0 Å². The molecule has 0 fully saturated rings. The average Bonchev–Trinajstić information content (AvgIpc) is 2.68. The smallest absolute Gasteiger partial charge is 0.336 e. The van der Waals surface area contributed by atoms with E-state index in [2.05, 4.69) is 36.4 Å². The first-order valence-electron chi connectivity index (χ1n) is 8.80. The van der Waals surface area contributed by atoms with Crippen LogP contribution >= 0.6 is 0 Å². The molecule has 0 aromatic heterocycles. The van der Waals surface area contributed by atoms with Gasteiger partial charge < -0.3 is 10.2 Å². The number of benzene rings is 5. The van der Waals surface area contributed by atoms with Gasteiger partial charge in [-0.05, 0) is 91.6 Å².